The number of nitrogens with one attached hydrogen (secondary N) is 1. The van der Waals surface area contributed by atoms with Crippen molar-refractivity contribution in [1.82, 2.24) is 24.7 Å². The summed E-state index contributed by atoms with van der Waals surface area (Å²) in [5.74, 6) is 1.33. The van der Waals surface area contributed by atoms with Gasteiger partial charge < -0.3 is 5.73 Å². The average Bonchev–Trinajstić information content (AvgIpc) is 2.75. The predicted octanol–water partition coefficient (Wildman–Crippen LogP) is 2.11. The lowest BCUT2D eigenvalue weighted by Gasteiger charge is -2.12. The second kappa shape index (κ2) is 5.88. The van der Waals surface area contributed by atoms with Gasteiger partial charge in [0.25, 0.3) is 0 Å². The van der Waals surface area contributed by atoms with Crippen molar-refractivity contribution in [1.29, 1.82) is 0 Å². The van der Waals surface area contributed by atoms with Crippen molar-refractivity contribution in [3.05, 3.63) is 21.9 Å². The highest BCUT2D eigenvalue weighted by Crippen LogP contribution is 2.30. The molecule has 0 bridgehead atoms. The second-order valence-corrected chi connectivity index (χ2v) is 6.39. The van der Waals surface area contributed by atoms with E-state index in [2.05, 4.69) is 20.2 Å². The molecule has 114 valence electrons. The minimum absolute atomic E-state index is 0.0165. The lowest BCUT2D eigenvalue weighted by molar-refractivity contribution is 0.533. The molecule has 0 aliphatic heterocycles. The highest BCUT2D eigenvalue weighted by atomic mass is 32.2. The van der Waals surface area contributed by atoms with Crippen molar-refractivity contribution in [2.24, 2.45) is 0 Å². The zero-order chi connectivity index (χ0) is 15.7. The zero-order valence-electron chi connectivity index (χ0n) is 12.8. The Morgan fingerprint density at radius 3 is 2.48 bits per heavy atom. The van der Waals surface area contributed by atoms with Gasteiger partial charge in [0.1, 0.15) is 16.7 Å². The van der Waals surface area contributed by atoms with Crippen molar-refractivity contribution in [3.63, 3.8) is 0 Å². The fourth-order valence-corrected chi connectivity index (χ4v) is 2.84. The van der Waals surface area contributed by atoms with Crippen LogP contribution in [0.25, 0.3) is 0 Å². The third-order valence-corrected chi connectivity index (χ3v) is 4.11. The minimum atomic E-state index is -0.226. The molecule has 0 aliphatic carbocycles. The third-order valence-electron chi connectivity index (χ3n) is 3.05. The standard InChI is InChI=1S/C13H20N6OS/c1-6(2)10-15-9(14)8(5)11(16-10)21-13-18-17-12(20)19(13)7(3)4/h6-7H,1-5H3,(H,17,20)(H2,14,15,16). The molecule has 7 nitrogen and oxygen atoms in total. The van der Waals surface area contributed by atoms with Crippen molar-refractivity contribution in [2.75, 3.05) is 5.73 Å². The summed E-state index contributed by atoms with van der Waals surface area (Å²) in [5, 5.41) is 7.84. The molecule has 2 aromatic rings. The number of H-pyrrole nitrogens is 1. The van der Waals surface area contributed by atoms with Crippen LogP contribution < -0.4 is 11.4 Å². The zero-order valence-corrected chi connectivity index (χ0v) is 13.7. The van der Waals surface area contributed by atoms with Crippen LogP contribution in [0, 0.1) is 6.92 Å². The van der Waals surface area contributed by atoms with Gasteiger partial charge in [-0.1, -0.05) is 13.8 Å². The molecule has 2 aromatic heterocycles. The summed E-state index contributed by atoms with van der Waals surface area (Å²) < 4.78 is 1.59. The summed E-state index contributed by atoms with van der Waals surface area (Å²) in [4.78, 5) is 20.6. The molecular weight excluding hydrogens is 288 g/mol. The molecule has 0 saturated heterocycles. The van der Waals surface area contributed by atoms with E-state index in [9.17, 15) is 4.79 Å². The first-order valence-electron chi connectivity index (χ1n) is 6.80. The maximum atomic E-state index is 11.8. The lowest BCUT2D eigenvalue weighted by Crippen LogP contribution is -2.19. The first-order valence-corrected chi connectivity index (χ1v) is 7.61. The lowest BCUT2D eigenvalue weighted by atomic mass is 10.2. The van der Waals surface area contributed by atoms with E-state index in [1.807, 2.05) is 34.6 Å². The maximum Gasteiger partial charge on any atom is 0.344 e. The molecule has 0 aromatic carbocycles. The second-order valence-electron chi connectivity index (χ2n) is 5.43. The topological polar surface area (TPSA) is 102 Å². The van der Waals surface area contributed by atoms with E-state index in [4.69, 9.17) is 5.73 Å². The molecule has 8 heteroatoms. The van der Waals surface area contributed by atoms with Crippen LogP contribution in [-0.2, 0) is 0 Å². The SMILES string of the molecule is Cc1c(N)nc(C(C)C)nc1Sc1n[nH]c(=O)n1C(C)C. The fourth-order valence-electron chi connectivity index (χ4n) is 1.79. The van der Waals surface area contributed by atoms with Crippen LogP contribution in [0.15, 0.2) is 15.0 Å². The van der Waals surface area contributed by atoms with Crippen molar-refractivity contribution in [3.8, 4) is 0 Å². The summed E-state index contributed by atoms with van der Waals surface area (Å²) in [6.45, 7) is 9.75. The number of aromatic amines is 1. The Bertz CT molecular complexity index is 703. The number of anilines is 1. The van der Waals surface area contributed by atoms with Gasteiger partial charge in [0.15, 0.2) is 5.16 Å². The van der Waals surface area contributed by atoms with Crippen LogP contribution in [0.4, 0.5) is 5.82 Å². The Morgan fingerprint density at radius 2 is 1.90 bits per heavy atom. The number of aromatic nitrogens is 5. The van der Waals surface area contributed by atoms with Gasteiger partial charge in [-0.25, -0.2) is 19.9 Å². The van der Waals surface area contributed by atoms with Crippen LogP contribution in [0.5, 0.6) is 0 Å². The van der Waals surface area contributed by atoms with Crippen LogP contribution in [-0.4, -0.2) is 24.7 Å². The number of nitrogen functional groups attached to an aromatic ring is 1. The van der Waals surface area contributed by atoms with Crippen molar-refractivity contribution >= 4 is 17.6 Å². The van der Waals surface area contributed by atoms with Gasteiger partial charge in [-0.2, -0.15) is 0 Å². The van der Waals surface area contributed by atoms with Gasteiger partial charge in [-0.15, -0.1) is 5.10 Å². The van der Waals surface area contributed by atoms with Crippen molar-refractivity contribution < 1.29 is 0 Å². The molecule has 3 N–H and O–H groups in total. The summed E-state index contributed by atoms with van der Waals surface area (Å²) in [6, 6.07) is 0.0165. The molecule has 2 rings (SSSR count). The van der Waals surface area contributed by atoms with E-state index in [-0.39, 0.29) is 17.6 Å². The van der Waals surface area contributed by atoms with E-state index in [1.54, 1.807) is 4.57 Å². The van der Waals surface area contributed by atoms with E-state index in [1.165, 1.54) is 11.8 Å². The molecule has 0 spiro atoms. The molecule has 0 atom stereocenters. The van der Waals surface area contributed by atoms with Gasteiger partial charge in [0, 0.05) is 17.5 Å². The van der Waals surface area contributed by atoms with Crippen molar-refractivity contribution in [2.45, 2.75) is 56.8 Å². The maximum absolute atomic E-state index is 11.8. The summed E-state index contributed by atoms with van der Waals surface area (Å²) >= 11 is 1.33. The first kappa shape index (κ1) is 15.6. The van der Waals surface area contributed by atoms with E-state index in [0.29, 0.717) is 16.8 Å². The molecule has 21 heavy (non-hydrogen) atoms. The Balaban J connectivity index is 2.47. The molecule has 0 fully saturated rings. The Kier molecular flexibility index (Phi) is 4.36. The summed E-state index contributed by atoms with van der Waals surface area (Å²) in [5.41, 5.74) is 6.53. The van der Waals surface area contributed by atoms with Crippen LogP contribution >= 0.6 is 11.8 Å². The summed E-state index contributed by atoms with van der Waals surface area (Å²) in [6.07, 6.45) is 0. The van der Waals surface area contributed by atoms with Gasteiger partial charge in [-0.3, -0.25) is 4.57 Å². The van der Waals surface area contributed by atoms with Gasteiger partial charge in [-0.05, 0) is 32.5 Å². The highest BCUT2D eigenvalue weighted by molar-refractivity contribution is 7.99. The largest absolute Gasteiger partial charge is 0.383 e. The molecule has 0 aliphatic rings. The quantitative estimate of drug-likeness (QED) is 0.839. The highest BCUT2D eigenvalue weighted by Gasteiger charge is 2.17. The number of nitrogens with two attached hydrogens (primary N) is 1. The van der Waals surface area contributed by atoms with E-state index in [0.717, 1.165) is 10.6 Å². The number of hydrogen-bond acceptors (Lipinski definition) is 6. The monoisotopic (exact) mass is 308 g/mol. The molecule has 0 radical (unpaired) electrons. The number of nitrogens with zero attached hydrogens (tertiary/aromatic N) is 4. The molecule has 0 unspecified atom stereocenters. The van der Waals surface area contributed by atoms with Crippen LogP contribution in [0.2, 0.25) is 0 Å². The predicted molar refractivity (Wildman–Crippen MR) is 82.6 cm³/mol. The van der Waals surface area contributed by atoms with Gasteiger partial charge >= 0.3 is 5.69 Å². The number of rotatable bonds is 4. The normalized spacial score (nSPS) is 11.6. The Morgan fingerprint density at radius 1 is 1.24 bits per heavy atom. The summed E-state index contributed by atoms with van der Waals surface area (Å²) in [7, 11) is 0. The third kappa shape index (κ3) is 3.10. The Hall–Kier alpha value is -1.83. The first-order chi connectivity index (χ1) is 9.81. The van der Waals surface area contributed by atoms with Gasteiger partial charge in [0.2, 0.25) is 0 Å². The van der Waals surface area contributed by atoms with E-state index < -0.39 is 0 Å². The molecule has 2 heterocycles. The minimum Gasteiger partial charge on any atom is -0.383 e. The van der Waals surface area contributed by atoms with Crippen LogP contribution in [0.1, 0.15) is 51.0 Å². The van der Waals surface area contributed by atoms with Gasteiger partial charge in [0.05, 0.1) is 0 Å². The van der Waals surface area contributed by atoms with E-state index >= 15 is 0 Å². The van der Waals surface area contributed by atoms with Crippen LogP contribution in [0.3, 0.4) is 0 Å². The molecule has 0 amide bonds. The molecular formula is C13H20N6OS. The Labute approximate surface area is 127 Å². The number of hydrogen-bond donors (Lipinski definition) is 2. The average molecular weight is 308 g/mol. The molecule has 0 saturated carbocycles. The smallest absolute Gasteiger partial charge is 0.344 e. The fraction of sp³-hybridized carbons (Fsp3) is 0.538.